The number of nitrogens with zero attached hydrogens (tertiary/aromatic N) is 2. The summed E-state index contributed by atoms with van der Waals surface area (Å²) in [4.78, 5) is 19.8. The van der Waals surface area contributed by atoms with E-state index in [1.165, 1.54) is 0 Å². The number of para-hydroxylation sites is 1. The number of ketones is 1. The van der Waals surface area contributed by atoms with Crippen LogP contribution in [0.15, 0.2) is 30.5 Å². The second-order valence-electron chi connectivity index (χ2n) is 5.57. The smallest absolute Gasteiger partial charge is 0.178 e. The van der Waals surface area contributed by atoms with Gasteiger partial charge in [-0.25, -0.2) is 0 Å². The zero-order valence-corrected chi connectivity index (χ0v) is 12.5. The Labute approximate surface area is 120 Å². The van der Waals surface area contributed by atoms with Gasteiger partial charge in [-0.05, 0) is 46.7 Å². The van der Waals surface area contributed by atoms with Gasteiger partial charge in [0.25, 0.3) is 0 Å². The lowest BCUT2D eigenvalue weighted by Gasteiger charge is -2.17. The third-order valence-corrected chi connectivity index (χ3v) is 3.45. The molecule has 0 bridgehead atoms. The van der Waals surface area contributed by atoms with Crippen LogP contribution in [0.4, 0.5) is 0 Å². The Morgan fingerprint density at radius 2 is 1.90 bits per heavy atom. The van der Waals surface area contributed by atoms with Crippen molar-refractivity contribution in [1.29, 1.82) is 0 Å². The van der Waals surface area contributed by atoms with Crippen molar-refractivity contribution >= 4 is 16.7 Å². The Morgan fingerprint density at radius 1 is 1.15 bits per heavy atom. The third kappa shape index (κ3) is 3.68. The van der Waals surface area contributed by atoms with E-state index in [1.807, 2.05) is 37.5 Å². The number of hydrogen-bond donors (Lipinski definition) is 1. The molecular formula is C16H23N3O. The maximum Gasteiger partial charge on any atom is 0.178 e. The molecule has 20 heavy (non-hydrogen) atoms. The Kier molecular flexibility index (Phi) is 4.93. The zero-order valence-electron chi connectivity index (χ0n) is 12.5. The number of aromatic nitrogens is 1. The molecule has 0 amide bonds. The van der Waals surface area contributed by atoms with Crippen LogP contribution in [0.2, 0.25) is 0 Å². The van der Waals surface area contributed by atoms with E-state index in [4.69, 9.17) is 0 Å². The number of Topliss-reactive ketones (excluding diaryl/α,β-unsaturated/α-hetero) is 1. The lowest BCUT2D eigenvalue weighted by Crippen LogP contribution is -2.28. The van der Waals surface area contributed by atoms with E-state index in [9.17, 15) is 4.79 Å². The number of carbonyl (C=O) groups excluding carboxylic acids is 1. The molecule has 0 aliphatic heterocycles. The second kappa shape index (κ2) is 6.68. The maximum atomic E-state index is 12.4. The van der Waals surface area contributed by atoms with Gasteiger partial charge in [-0.3, -0.25) is 9.69 Å². The Bertz CT molecular complexity index is 574. The normalized spacial score (nSPS) is 11.7. The van der Waals surface area contributed by atoms with Crippen LogP contribution in [0.5, 0.6) is 0 Å². The van der Waals surface area contributed by atoms with E-state index in [1.54, 1.807) is 0 Å². The fourth-order valence-electron chi connectivity index (χ4n) is 2.37. The van der Waals surface area contributed by atoms with Crippen LogP contribution >= 0.6 is 0 Å². The fraction of sp³-hybridized carbons (Fsp3) is 0.438. The lowest BCUT2D eigenvalue weighted by atomic mass is 10.1. The van der Waals surface area contributed by atoms with Crippen LogP contribution in [0.25, 0.3) is 10.9 Å². The van der Waals surface area contributed by atoms with E-state index in [-0.39, 0.29) is 5.78 Å². The summed E-state index contributed by atoms with van der Waals surface area (Å²) in [5.41, 5.74) is 1.81. The molecule has 0 aliphatic rings. The van der Waals surface area contributed by atoms with E-state index in [0.29, 0.717) is 6.54 Å². The molecular weight excluding hydrogens is 250 g/mol. The van der Waals surface area contributed by atoms with E-state index in [0.717, 1.165) is 36.0 Å². The predicted octanol–water partition coefficient (Wildman–Crippen LogP) is 2.23. The van der Waals surface area contributed by atoms with Crippen LogP contribution in [0, 0.1) is 0 Å². The van der Waals surface area contributed by atoms with Crippen molar-refractivity contribution in [2.45, 2.75) is 6.42 Å². The van der Waals surface area contributed by atoms with Gasteiger partial charge in [0.1, 0.15) is 0 Å². The van der Waals surface area contributed by atoms with Crippen molar-refractivity contribution in [2.75, 3.05) is 40.8 Å². The summed E-state index contributed by atoms with van der Waals surface area (Å²) in [5.74, 6) is 0.176. The molecule has 0 unspecified atom stereocenters. The van der Waals surface area contributed by atoms with Crippen LogP contribution in [0.3, 0.4) is 0 Å². The van der Waals surface area contributed by atoms with Gasteiger partial charge in [0.2, 0.25) is 0 Å². The first-order valence-corrected chi connectivity index (χ1v) is 7.00. The molecule has 2 rings (SSSR count). The summed E-state index contributed by atoms with van der Waals surface area (Å²) in [6.45, 7) is 2.45. The Balaban J connectivity index is 1.94. The first-order chi connectivity index (χ1) is 9.58. The van der Waals surface area contributed by atoms with Gasteiger partial charge in [0.15, 0.2) is 5.78 Å². The monoisotopic (exact) mass is 273 g/mol. The van der Waals surface area contributed by atoms with E-state index in [2.05, 4.69) is 28.9 Å². The van der Waals surface area contributed by atoms with Gasteiger partial charge >= 0.3 is 0 Å². The highest BCUT2D eigenvalue weighted by molar-refractivity contribution is 6.08. The first kappa shape index (κ1) is 14.8. The summed E-state index contributed by atoms with van der Waals surface area (Å²) in [5, 5.41) is 1.01. The van der Waals surface area contributed by atoms with Crippen molar-refractivity contribution in [3.8, 4) is 0 Å². The number of hydrogen-bond acceptors (Lipinski definition) is 3. The van der Waals surface area contributed by atoms with Crippen molar-refractivity contribution in [2.24, 2.45) is 0 Å². The summed E-state index contributed by atoms with van der Waals surface area (Å²) in [7, 11) is 6.14. The topological polar surface area (TPSA) is 39.3 Å². The number of nitrogens with one attached hydrogen (secondary N) is 1. The lowest BCUT2D eigenvalue weighted by molar-refractivity contribution is 0.0946. The van der Waals surface area contributed by atoms with Crippen LogP contribution in [0.1, 0.15) is 16.8 Å². The largest absolute Gasteiger partial charge is 0.360 e. The molecule has 108 valence electrons. The molecule has 1 N–H and O–H groups in total. The average Bonchev–Trinajstić information content (AvgIpc) is 2.82. The van der Waals surface area contributed by atoms with Gasteiger partial charge in [0, 0.05) is 22.7 Å². The molecule has 0 saturated heterocycles. The minimum Gasteiger partial charge on any atom is -0.360 e. The molecule has 0 fully saturated rings. The molecule has 0 atom stereocenters. The van der Waals surface area contributed by atoms with Crippen molar-refractivity contribution in [3.05, 3.63) is 36.0 Å². The number of fused-ring (bicyclic) bond motifs is 1. The quantitative estimate of drug-likeness (QED) is 0.786. The fourth-order valence-corrected chi connectivity index (χ4v) is 2.37. The van der Waals surface area contributed by atoms with Crippen LogP contribution < -0.4 is 0 Å². The molecule has 1 aromatic carbocycles. The Morgan fingerprint density at radius 3 is 2.65 bits per heavy atom. The third-order valence-electron chi connectivity index (χ3n) is 3.45. The minimum atomic E-state index is 0.176. The molecule has 0 saturated carbocycles. The maximum absolute atomic E-state index is 12.4. The summed E-state index contributed by atoms with van der Waals surface area (Å²) in [6.07, 6.45) is 2.89. The van der Waals surface area contributed by atoms with Gasteiger partial charge in [-0.15, -0.1) is 0 Å². The number of H-pyrrole nitrogens is 1. The molecule has 0 aliphatic carbocycles. The standard InChI is InChI=1S/C16H23N3O/c1-18(2)9-6-10-19(3)12-16(20)14-11-17-15-8-5-4-7-13(14)15/h4-5,7-8,11,17H,6,9-10,12H2,1-3H3. The molecule has 0 radical (unpaired) electrons. The van der Waals surface area contributed by atoms with Crippen LogP contribution in [-0.4, -0.2) is 61.3 Å². The molecule has 0 spiro atoms. The minimum absolute atomic E-state index is 0.176. The summed E-state index contributed by atoms with van der Waals surface area (Å²) >= 11 is 0. The molecule has 1 heterocycles. The summed E-state index contributed by atoms with van der Waals surface area (Å²) in [6, 6.07) is 7.92. The molecule has 1 aromatic heterocycles. The molecule has 4 heteroatoms. The van der Waals surface area contributed by atoms with E-state index < -0.39 is 0 Å². The number of likely N-dealkylation sites (N-methyl/N-ethyl adjacent to an activating group) is 1. The van der Waals surface area contributed by atoms with Gasteiger partial charge in [-0.1, -0.05) is 18.2 Å². The molecule has 2 aromatic rings. The van der Waals surface area contributed by atoms with Crippen molar-refractivity contribution in [1.82, 2.24) is 14.8 Å². The van der Waals surface area contributed by atoms with Crippen molar-refractivity contribution in [3.63, 3.8) is 0 Å². The molecule has 4 nitrogen and oxygen atoms in total. The van der Waals surface area contributed by atoms with Crippen molar-refractivity contribution < 1.29 is 4.79 Å². The zero-order chi connectivity index (χ0) is 14.5. The van der Waals surface area contributed by atoms with Crippen LogP contribution in [-0.2, 0) is 0 Å². The second-order valence-corrected chi connectivity index (χ2v) is 5.57. The average molecular weight is 273 g/mol. The highest BCUT2D eigenvalue weighted by Gasteiger charge is 2.13. The number of aromatic amines is 1. The highest BCUT2D eigenvalue weighted by atomic mass is 16.1. The predicted molar refractivity (Wildman–Crippen MR) is 83.3 cm³/mol. The number of carbonyl (C=O) groups is 1. The number of rotatable bonds is 7. The summed E-state index contributed by atoms with van der Waals surface area (Å²) < 4.78 is 0. The van der Waals surface area contributed by atoms with E-state index >= 15 is 0 Å². The SMILES string of the molecule is CN(C)CCCN(C)CC(=O)c1c[nH]c2ccccc12. The van der Waals surface area contributed by atoms with Gasteiger partial charge < -0.3 is 9.88 Å². The van der Waals surface area contributed by atoms with Gasteiger partial charge in [-0.2, -0.15) is 0 Å². The van der Waals surface area contributed by atoms with Gasteiger partial charge in [0.05, 0.1) is 6.54 Å². The first-order valence-electron chi connectivity index (χ1n) is 7.00. The highest BCUT2D eigenvalue weighted by Crippen LogP contribution is 2.18. The Hall–Kier alpha value is -1.65. The number of benzene rings is 1.